The number of hydrogen-bond acceptors (Lipinski definition) is 6. The average Bonchev–Trinajstić information content (AvgIpc) is 2.74. The molecule has 0 aromatic heterocycles. The van der Waals surface area contributed by atoms with E-state index in [1.165, 1.54) is 44.2 Å². The van der Waals surface area contributed by atoms with Gasteiger partial charge in [0.05, 0.1) is 22.9 Å². The number of azo groups is 1. The van der Waals surface area contributed by atoms with Crippen LogP contribution in [0.3, 0.4) is 0 Å². The van der Waals surface area contributed by atoms with Gasteiger partial charge in [-0.05, 0) is 49.2 Å². The number of unbranched alkanes of at least 4 members (excludes halogenated alkanes) is 7. The van der Waals surface area contributed by atoms with Gasteiger partial charge in [-0.2, -0.15) is 10.2 Å². The summed E-state index contributed by atoms with van der Waals surface area (Å²) in [6, 6.07) is 13.3. The molecular weight excluding hydrogens is 370 g/mol. The highest BCUT2D eigenvalue weighted by atomic mass is 16.6. The molecule has 0 bridgehead atoms. The molecule has 7 nitrogen and oxygen atoms in total. The Bertz CT molecular complexity index is 746. The van der Waals surface area contributed by atoms with Crippen molar-refractivity contribution in [1.82, 2.24) is 0 Å². The first-order valence-corrected chi connectivity index (χ1v) is 10.2. The molecule has 2 aromatic rings. The van der Waals surface area contributed by atoms with Crippen LogP contribution in [0.2, 0.25) is 0 Å². The number of ether oxygens (including phenoxy) is 1. The van der Waals surface area contributed by atoms with Crippen LogP contribution in [-0.2, 0) is 0 Å². The Labute approximate surface area is 171 Å². The summed E-state index contributed by atoms with van der Waals surface area (Å²) >= 11 is 0. The molecule has 1 N–H and O–H groups in total. The Kier molecular flexibility index (Phi) is 10.4. The molecule has 0 aliphatic rings. The highest BCUT2D eigenvalue weighted by molar-refractivity contribution is 5.45. The minimum absolute atomic E-state index is 0.0310. The number of benzene rings is 2. The van der Waals surface area contributed by atoms with Gasteiger partial charge in [0.15, 0.2) is 0 Å². The van der Waals surface area contributed by atoms with Gasteiger partial charge in [0.25, 0.3) is 5.69 Å². The summed E-state index contributed by atoms with van der Waals surface area (Å²) in [5.41, 5.74) is 1.28. The molecule has 0 aliphatic heterocycles. The average molecular weight is 399 g/mol. The van der Waals surface area contributed by atoms with Crippen molar-refractivity contribution in [3.8, 4) is 5.75 Å². The number of rotatable bonds is 14. The summed E-state index contributed by atoms with van der Waals surface area (Å²) in [4.78, 5) is 10.2. The highest BCUT2D eigenvalue weighted by Gasteiger charge is 2.03. The molecule has 0 saturated heterocycles. The number of nitrogens with zero attached hydrogens (tertiary/aromatic N) is 3. The maximum Gasteiger partial charge on any atom is 0.269 e. The van der Waals surface area contributed by atoms with Gasteiger partial charge in [-0.1, -0.05) is 38.5 Å². The zero-order chi connectivity index (χ0) is 20.7. The van der Waals surface area contributed by atoms with E-state index >= 15 is 0 Å². The predicted octanol–water partition coefficient (Wildman–Crippen LogP) is 6.50. The summed E-state index contributed by atoms with van der Waals surface area (Å²) in [5, 5.41) is 27.6. The van der Waals surface area contributed by atoms with Gasteiger partial charge < -0.3 is 9.84 Å². The summed E-state index contributed by atoms with van der Waals surface area (Å²) in [6.07, 6.45) is 9.19. The maximum absolute atomic E-state index is 10.6. The van der Waals surface area contributed by atoms with Crippen molar-refractivity contribution >= 4 is 17.1 Å². The largest absolute Gasteiger partial charge is 0.494 e. The van der Waals surface area contributed by atoms with Gasteiger partial charge in [-0.25, -0.2) is 0 Å². The van der Waals surface area contributed by atoms with Crippen LogP contribution in [0, 0.1) is 10.1 Å². The third-order valence-electron chi connectivity index (χ3n) is 4.50. The first kappa shape index (κ1) is 22.5. The van der Waals surface area contributed by atoms with Gasteiger partial charge in [0.2, 0.25) is 0 Å². The Balaban J connectivity index is 1.62. The standard InChI is InChI=1S/C22H29N3O4/c26-17-7-5-3-1-2-4-6-8-18-29-22-15-11-20(12-16-22)24-23-19-9-13-21(14-10-19)25(27)28/h9-16,26H,1-8,17-18H2. The van der Waals surface area contributed by atoms with Crippen molar-refractivity contribution in [3.05, 3.63) is 58.6 Å². The second kappa shape index (κ2) is 13.4. The lowest BCUT2D eigenvalue weighted by molar-refractivity contribution is -0.384. The highest BCUT2D eigenvalue weighted by Crippen LogP contribution is 2.23. The van der Waals surface area contributed by atoms with E-state index in [1.54, 1.807) is 12.1 Å². The zero-order valence-electron chi connectivity index (χ0n) is 16.7. The molecular formula is C22H29N3O4. The predicted molar refractivity (Wildman–Crippen MR) is 113 cm³/mol. The summed E-state index contributed by atoms with van der Waals surface area (Å²) in [6.45, 7) is 1.01. The van der Waals surface area contributed by atoms with Crippen molar-refractivity contribution in [1.29, 1.82) is 0 Å². The molecule has 0 unspecified atom stereocenters. The van der Waals surface area contributed by atoms with E-state index in [4.69, 9.17) is 9.84 Å². The maximum atomic E-state index is 10.6. The van der Waals surface area contributed by atoms with Crippen LogP contribution in [0.15, 0.2) is 58.8 Å². The minimum atomic E-state index is -0.444. The molecule has 0 fully saturated rings. The Morgan fingerprint density at radius 2 is 1.24 bits per heavy atom. The summed E-state index contributed by atoms with van der Waals surface area (Å²) < 4.78 is 5.76. The molecule has 0 saturated carbocycles. The third-order valence-corrected chi connectivity index (χ3v) is 4.50. The number of nitro groups is 1. The lowest BCUT2D eigenvalue weighted by Crippen LogP contribution is -1.96. The lowest BCUT2D eigenvalue weighted by Gasteiger charge is -2.06. The number of aliphatic hydroxyl groups is 1. The van der Waals surface area contributed by atoms with E-state index in [0.717, 1.165) is 25.0 Å². The molecule has 0 spiro atoms. The Morgan fingerprint density at radius 3 is 1.76 bits per heavy atom. The van der Waals surface area contributed by atoms with Gasteiger partial charge in [0, 0.05) is 18.7 Å². The summed E-state index contributed by atoms with van der Waals surface area (Å²) in [7, 11) is 0. The SMILES string of the molecule is O=[N+]([O-])c1ccc(N=Nc2ccc(OCCCCCCCCCCO)cc2)cc1. The fourth-order valence-corrected chi connectivity index (χ4v) is 2.83. The fourth-order valence-electron chi connectivity index (χ4n) is 2.83. The molecule has 0 heterocycles. The van der Waals surface area contributed by atoms with Crippen LogP contribution in [0.1, 0.15) is 51.4 Å². The number of aliphatic hydroxyl groups excluding tert-OH is 1. The van der Waals surface area contributed by atoms with E-state index in [0.29, 0.717) is 24.6 Å². The van der Waals surface area contributed by atoms with Gasteiger partial charge >= 0.3 is 0 Å². The molecule has 2 rings (SSSR count). The van der Waals surface area contributed by atoms with Crippen molar-refractivity contribution in [2.45, 2.75) is 51.4 Å². The van der Waals surface area contributed by atoms with Crippen LogP contribution in [-0.4, -0.2) is 23.2 Å². The van der Waals surface area contributed by atoms with Gasteiger partial charge in [0.1, 0.15) is 5.75 Å². The molecule has 29 heavy (non-hydrogen) atoms. The second-order valence-corrected chi connectivity index (χ2v) is 6.87. The molecule has 2 aromatic carbocycles. The van der Waals surface area contributed by atoms with Crippen LogP contribution >= 0.6 is 0 Å². The van der Waals surface area contributed by atoms with Crippen LogP contribution in [0.25, 0.3) is 0 Å². The first-order chi connectivity index (χ1) is 14.2. The number of nitro benzene ring substituents is 1. The number of hydrogen-bond donors (Lipinski definition) is 1. The quantitative estimate of drug-likeness (QED) is 0.170. The monoisotopic (exact) mass is 399 g/mol. The topological polar surface area (TPSA) is 97.3 Å². The number of non-ortho nitro benzene ring substituents is 1. The normalized spacial score (nSPS) is 11.1. The first-order valence-electron chi connectivity index (χ1n) is 10.2. The minimum Gasteiger partial charge on any atom is -0.494 e. The van der Waals surface area contributed by atoms with Crippen molar-refractivity contribution in [2.24, 2.45) is 10.2 Å². The molecule has 0 aliphatic carbocycles. The third kappa shape index (κ3) is 9.30. The van der Waals surface area contributed by atoms with Crippen molar-refractivity contribution < 1.29 is 14.8 Å². The van der Waals surface area contributed by atoms with Crippen LogP contribution < -0.4 is 4.74 Å². The summed E-state index contributed by atoms with van der Waals surface area (Å²) in [5.74, 6) is 0.809. The zero-order valence-corrected chi connectivity index (χ0v) is 16.7. The van der Waals surface area contributed by atoms with E-state index < -0.39 is 4.92 Å². The van der Waals surface area contributed by atoms with Crippen LogP contribution in [0.5, 0.6) is 5.75 Å². The van der Waals surface area contributed by atoms with Crippen molar-refractivity contribution in [2.75, 3.05) is 13.2 Å². The van der Waals surface area contributed by atoms with Crippen LogP contribution in [0.4, 0.5) is 17.1 Å². The Hall–Kier alpha value is -2.80. The molecule has 0 amide bonds. The fraction of sp³-hybridized carbons (Fsp3) is 0.455. The lowest BCUT2D eigenvalue weighted by atomic mass is 10.1. The molecule has 156 valence electrons. The second-order valence-electron chi connectivity index (χ2n) is 6.87. The molecule has 7 heteroatoms. The molecule has 0 atom stereocenters. The Morgan fingerprint density at radius 1 is 0.759 bits per heavy atom. The molecule has 0 radical (unpaired) electrons. The van der Waals surface area contributed by atoms with E-state index in [-0.39, 0.29) is 5.69 Å². The van der Waals surface area contributed by atoms with E-state index in [9.17, 15) is 10.1 Å². The van der Waals surface area contributed by atoms with E-state index in [1.807, 2.05) is 24.3 Å². The van der Waals surface area contributed by atoms with Gasteiger partial charge in [-0.3, -0.25) is 10.1 Å². The van der Waals surface area contributed by atoms with E-state index in [2.05, 4.69) is 10.2 Å². The van der Waals surface area contributed by atoms with Crippen molar-refractivity contribution in [3.63, 3.8) is 0 Å². The van der Waals surface area contributed by atoms with Gasteiger partial charge in [-0.15, -0.1) is 0 Å². The smallest absolute Gasteiger partial charge is 0.269 e.